The van der Waals surface area contributed by atoms with Crippen LogP contribution in [0.15, 0.2) is 61.2 Å². The van der Waals surface area contributed by atoms with E-state index in [0.29, 0.717) is 44.9 Å². The number of aromatic nitrogens is 4. The van der Waals surface area contributed by atoms with Crippen molar-refractivity contribution in [2.45, 2.75) is 32.0 Å². The summed E-state index contributed by atoms with van der Waals surface area (Å²) in [7, 11) is 1.82. The van der Waals surface area contributed by atoms with Crippen molar-refractivity contribution in [3.05, 3.63) is 76.6 Å². The average Bonchev–Trinajstić information content (AvgIpc) is 3.81. The number of hydroxylamine groups is 1. The summed E-state index contributed by atoms with van der Waals surface area (Å²) in [6, 6.07) is 12.5. The number of thiophene rings is 1. The molecule has 252 valence electrons. The summed E-state index contributed by atoms with van der Waals surface area (Å²) in [6.45, 7) is 4.09. The molecule has 1 atom stereocenters. The van der Waals surface area contributed by atoms with Crippen LogP contribution in [0, 0.1) is 5.92 Å². The van der Waals surface area contributed by atoms with Gasteiger partial charge in [0.2, 0.25) is 0 Å². The Hall–Kier alpha value is -4.60. The standard InChI is InChI=1S/C32H30ClF3N6O5S/c1-18(22-4-3-5-25(28(22)33)45-16-19-8-10-37-11-9-19)46-26-13-27(48-29(26)30(43)40-47-31(44)32(34,35)36)42-17-38-23-12-20(6-7-24(23)42)21-14-39-41(2)15-21/h3-7,12-15,17-19,37H,8-11,16H2,1-2H3,(H,40,43)/t18-/m1/s1. The van der Waals surface area contributed by atoms with E-state index in [0.717, 1.165) is 48.4 Å². The molecule has 16 heteroatoms. The van der Waals surface area contributed by atoms with E-state index >= 15 is 0 Å². The lowest BCUT2D eigenvalue weighted by atomic mass is 9.99. The van der Waals surface area contributed by atoms with Gasteiger partial charge in [-0.3, -0.25) is 14.0 Å². The Morgan fingerprint density at radius 2 is 1.94 bits per heavy atom. The van der Waals surface area contributed by atoms with Gasteiger partial charge in [0.15, 0.2) is 0 Å². The smallest absolute Gasteiger partial charge is 0.492 e. The fourth-order valence-corrected chi connectivity index (χ4v) is 6.62. The van der Waals surface area contributed by atoms with Gasteiger partial charge >= 0.3 is 12.1 Å². The third-order valence-electron chi connectivity index (χ3n) is 7.85. The Balaban J connectivity index is 1.28. The molecule has 1 amide bonds. The van der Waals surface area contributed by atoms with Crippen LogP contribution in [0.5, 0.6) is 11.5 Å². The molecule has 1 fully saturated rings. The molecule has 3 aromatic heterocycles. The molecular formula is C32H30ClF3N6O5S. The highest BCUT2D eigenvalue weighted by molar-refractivity contribution is 7.16. The number of rotatable bonds is 9. The van der Waals surface area contributed by atoms with Crippen molar-refractivity contribution in [2.75, 3.05) is 19.7 Å². The van der Waals surface area contributed by atoms with E-state index in [4.69, 9.17) is 21.1 Å². The maximum atomic E-state index is 13.1. The molecule has 0 aliphatic carbocycles. The highest BCUT2D eigenvalue weighted by Crippen LogP contribution is 2.39. The second kappa shape index (κ2) is 13.9. The Kier molecular flexibility index (Phi) is 9.62. The first-order valence-corrected chi connectivity index (χ1v) is 16.1. The molecule has 11 nitrogen and oxygen atoms in total. The van der Waals surface area contributed by atoms with E-state index in [1.165, 1.54) is 0 Å². The summed E-state index contributed by atoms with van der Waals surface area (Å²) >= 11 is 7.66. The van der Waals surface area contributed by atoms with Gasteiger partial charge in [0.25, 0.3) is 5.91 Å². The minimum atomic E-state index is -5.30. The lowest BCUT2D eigenvalue weighted by Gasteiger charge is -2.23. The molecule has 4 heterocycles. The highest BCUT2D eigenvalue weighted by Gasteiger charge is 2.42. The molecule has 0 spiro atoms. The SMILES string of the molecule is C[C@@H](Oc1cc(-n2cnc3cc(-c4cnn(C)c4)ccc32)sc1C(=O)NOC(=O)C(F)(F)F)c1cccc(OCC2CCNCC2)c1Cl. The van der Waals surface area contributed by atoms with E-state index < -0.39 is 24.2 Å². The van der Waals surface area contributed by atoms with Crippen LogP contribution < -0.4 is 20.3 Å². The summed E-state index contributed by atoms with van der Waals surface area (Å²) in [4.78, 5) is 32.8. The predicted octanol–water partition coefficient (Wildman–Crippen LogP) is 6.41. The molecule has 2 aromatic carbocycles. The number of halogens is 4. The number of nitrogens with zero attached hydrogens (tertiary/aromatic N) is 4. The molecule has 48 heavy (non-hydrogen) atoms. The van der Waals surface area contributed by atoms with E-state index in [-0.39, 0.29) is 10.6 Å². The van der Waals surface area contributed by atoms with Gasteiger partial charge in [-0.05, 0) is 62.5 Å². The third kappa shape index (κ3) is 7.27. The molecule has 1 aliphatic heterocycles. The number of alkyl halides is 3. The van der Waals surface area contributed by atoms with Crippen LogP contribution in [-0.4, -0.2) is 57.1 Å². The molecule has 0 bridgehead atoms. The number of carbonyl (C=O) groups is 2. The van der Waals surface area contributed by atoms with Crippen LogP contribution in [-0.2, 0) is 16.7 Å². The van der Waals surface area contributed by atoms with Crippen molar-refractivity contribution in [3.63, 3.8) is 0 Å². The lowest BCUT2D eigenvalue weighted by molar-refractivity contribution is -0.204. The van der Waals surface area contributed by atoms with Crippen LogP contribution in [0.4, 0.5) is 13.2 Å². The molecule has 5 aromatic rings. The number of piperidine rings is 1. The number of amides is 1. The predicted molar refractivity (Wildman–Crippen MR) is 172 cm³/mol. The zero-order valence-electron chi connectivity index (χ0n) is 25.7. The largest absolute Gasteiger partial charge is 0.493 e. The monoisotopic (exact) mass is 702 g/mol. The Morgan fingerprint density at radius 3 is 2.67 bits per heavy atom. The van der Waals surface area contributed by atoms with Crippen LogP contribution in [0.25, 0.3) is 27.2 Å². The van der Waals surface area contributed by atoms with Crippen molar-refractivity contribution in [2.24, 2.45) is 13.0 Å². The molecule has 1 aliphatic rings. The molecule has 0 unspecified atom stereocenters. The fraction of sp³-hybridized carbons (Fsp3) is 0.312. The summed E-state index contributed by atoms with van der Waals surface area (Å²) < 4.78 is 54.0. The number of fused-ring (bicyclic) bond motifs is 1. The Morgan fingerprint density at radius 1 is 1.15 bits per heavy atom. The third-order valence-corrected chi connectivity index (χ3v) is 9.37. The van der Waals surface area contributed by atoms with Crippen molar-refractivity contribution in [1.82, 2.24) is 30.1 Å². The summed E-state index contributed by atoms with van der Waals surface area (Å²) in [5, 5.41) is 8.33. The topological polar surface area (TPSA) is 122 Å². The van der Waals surface area contributed by atoms with Gasteiger partial charge in [0.1, 0.15) is 33.8 Å². The van der Waals surface area contributed by atoms with Crippen molar-refractivity contribution >= 4 is 45.8 Å². The van der Waals surface area contributed by atoms with Gasteiger partial charge in [0, 0.05) is 30.4 Å². The van der Waals surface area contributed by atoms with Gasteiger partial charge in [-0.1, -0.05) is 29.8 Å². The Bertz CT molecular complexity index is 1950. The second-order valence-electron chi connectivity index (χ2n) is 11.2. The first-order chi connectivity index (χ1) is 23.0. The quantitative estimate of drug-likeness (QED) is 0.169. The van der Waals surface area contributed by atoms with Gasteiger partial charge in [-0.2, -0.15) is 23.8 Å². The van der Waals surface area contributed by atoms with E-state index in [1.54, 1.807) is 58.4 Å². The summed E-state index contributed by atoms with van der Waals surface area (Å²) in [5.74, 6) is -2.77. The zero-order valence-corrected chi connectivity index (χ0v) is 27.3. The zero-order chi connectivity index (χ0) is 34.0. The maximum absolute atomic E-state index is 13.1. The number of hydrogen-bond acceptors (Lipinski definition) is 9. The minimum absolute atomic E-state index is 0.0222. The van der Waals surface area contributed by atoms with E-state index in [9.17, 15) is 22.8 Å². The van der Waals surface area contributed by atoms with Crippen molar-refractivity contribution in [1.29, 1.82) is 0 Å². The molecule has 1 saturated heterocycles. The van der Waals surface area contributed by atoms with Gasteiger partial charge in [-0.15, -0.1) is 11.3 Å². The number of carbonyl (C=O) groups excluding carboxylic acids is 2. The minimum Gasteiger partial charge on any atom is -0.492 e. The summed E-state index contributed by atoms with van der Waals surface area (Å²) in [5.41, 5.74) is 5.31. The number of nitrogens with one attached hydrogen (secondary N) is 2. The molecule has 2 N–H and O–H groups in total. The van der Waals surface area contributed by atoms with Crippen LogP contribution in [0.2, 0.25) is 5.02 Å². The molecule has 6 rings (SSSR count). The molecule has 0 radical (unpaired) electrons. The number of hydrogen-bond donors (Lipinski definition) is 2. The first kappa shape index (κ1) is 33.3. The van der Waals surface area contributed by atoms with Gasteiger partial charge in [-0.25, -0.2) is 9.78 Å². The first-order valence-electron chi connectivity index (χ1n) is 14.9. The number of ether oxygens (including phenoxy) is 2. The Labute approximate surface area is 281 Å². The maximum Gasteiger partial charge on any atom is 0.493 e. The molecular weight excluding hydrogens is 673 g/mol. The number of imidazole rings is 1. The normalized spacial score (nSPS) is 14.5. The fourth-order valence-electron chi connectivity index (χ4n) is 5.32. The molecule has 0 saturated carbocycles. The van der Waals surface area contributed by atoms with Crippen molar-refractivity contribution in [3.8, 4) is 27.6 Å². The van der Waals surface area contributed by atoms with Crippen LogP contribution in [0.1, 0.15) is 41.1 Å². The van der Waals surface area contributed by atoms with Gasteiger partial charge in [0.05, 0.1) is 28.9 Å². The number of aryl methyl sites for hydroxylation is 1. The van der Waals surface area contributed by atoms with E-state index in [1.807, 2.05) is 31.4 Å². The van der Waals surface area contributed by atoms with Gasteiger partial charge < -0.3 is 19.6 Å². The second-order valence-corrected chi connectivity index (χ2v) is 12.6. The van der Waals surface area contributed by atoms with Crippen LogP contribution in [0.3, 0.4) is 0 Å². The average molecular weight is 703 g/mol. The highest BCUT2D eigenvalue weighted by atomic mass is 35.5. The van der Waals surface area contributed by atoms with Crippen molar-refractivity contribution < 1.29 is 37.1 Å². The van der Waals surface area contributed by atoms with E-state index in [2.05, 4.69) is 20.2 Å². The van der Waals surface area contributed by atoms with Crippen LogP contribution >= 0.6 is 22.9 Å². The lowest BCUT2D eigenvalue weighted by Crippen LogP contribution is -2.34. The summed E-state index contributed by atoms with van der Waals surface area (Å²) in [6.07, 6.45) is 1.14. The number of benzene rings is 2.